The molecule has 0 bridgehead atoms. The molecule has 1 aliphatic heterocycles. The van der Waals surface area contributed by atoms with Crippen LogP contribution in [0.15, 0.2) is 0 Å². The summed E-state index contributed by atoms with van der Waals surface area (Å²) in [6.07, 6.45) is 12.1. The van der Waals surface area contributed by atoms with E-state index in [1.165, 1.54) is 51.4 Å². The van der Waals surface area contributed by atoms with Gasteiger partial charge in [-0.25, -0.2) is 0 Å². The molecule has 0 unspecified atom stereocenters. The predicted octanol–water partition coefficient (Wildman–Crippen LogP) is 3.60. The monoisotopic (exact) mass is 170 g/mol. The van der Waals surface area contributed by atoms with Gasteiger partial charge in [0.25, 0.3) is 0 Å². The van der Waals surface area contributed by atoms with Crippen LogP contribution in [0.4, 0.5) is 0 Å². The molecular weight excluding hydrogens is 152 g/mol. The lowest BCUT2D eigenvalue weighted by Crippen LogP contribution is -1.96. The molecule has 0 amide bonds. The normalized spacial score (nSPS) is 39.3. The Balaban J connectivity index is 1.72. The quantitative estimate of drug-likeness (QED) is 0.500. The smallest absolute Gasteiger partial charge is 0.0169 e. The highest BCUT2D eigenvalue weighted by atomic mass is 32.2. The molecule has 1 saturated carbocycles. The Morgan fingerprint density at radius 1 is 0.636 bits per heavy atom. The molecule has 1 heteroatoms. The molecule has 2 atom stereocenters. The molecule has 64 valence electrons. The third-order valence-electron chi connectivity index (χ3n) is 2.91. The lowest BCUT2D eigenvalue weighted by atomic mass is 10.0. The first kappa shape index (κ1) is 7.97. The fourth-order valence-corrected chi connectivity index (χ4v) is 3.32. The summed E-state index contributed by atoms with van der Waals surface area (Å²) in [5.41, 5.74) is 0. The third-order valence-corrected chi connectivity index (χ3v) is 4.43. The van der Waals surface area contributed by atoms with E-state index in [0.29, 0.717) is 0 Å². The Morgan fingerprint density at radius 3 is 1.64 bits per heavy atom. The minimum Gasteiger partial charge on any atom is -0.153 e. The highest BCUT2D eigenvalue weighted by Crippen LogP contribution is 2.47. The first-order valence-corrected chi connectivity index (χ1v) is 6.06. The van der Waals surface area contributed by atoms with Gasteiger partial charge in [0, 0.05) is 10.5 Å². The van der Waals surface area contributed by atoms with Gasteiger partial charge in [0.1, 0.15) is 0 Å². The van der Waals surface area contributed by atoms with Crippen molar-refractivity contribution in [3.63, 3.8) is 0 Å². The lowest BCUT2D eigenvalue weighted by Gasteiger charge is -2.04. The summed E-state index contributed by atoms with van der Waals surface area (Å²) in [7, 11) is 0. The van der Waals surface area contributed by atoms with Crippen LogP contribution >= 0.6 is 11.8 Å². The molecule has 0 N–H and O–H groups in total. The fourth-order valence-electron chi connectivity index (χ4n) is 2.09. The fraction of sp³-hybridized carbons (Fsp3) is 1.00. The van der Waals surface area contributed by atoms with Crippen molar-refractivity contribution in [3.8, 4) is 0 Å². The number of thioether (sulfide) groups is 1. The Morgan fingerprint density at radius 2 is 1.09 bits per heavy atom. The van der Waals surface area contributed by atoms with Crippen LogP contribution in [0.3, 0.4) is 0 Å². The predicted molar refractivity (Wildman–Crippen MR) is 52.1 cm³/mol. The summed E-state index contributed by atoms with van der Waals surface area (Å²) in [6, 6.07) is 0. The van der Waals surface area contributed by atoms with Gasteiger partial charge >= 0.3 is 0 Å². The van der Waals surface area contributed by atoms with Gasteiger partial charge in [0.15, 0.2) is 0 Å². The molecular formula is C10H18S. The van der Waals surface area contributed by atoms with Crippen LogP contribution in [0.1, 0.15) is 51.4 Å². The third kappa shape index (κ3) is 2.40. The Kier molecular flexibility index (Phi) is 2.78. The van der Waals surface area contributed by atoms with E-state index in [-0.39, 0.29) is 0 Å². The maximum atomic E-state index is 2.24. The molecule has 2 fully saturated rings. The van der Waals surface area contributed by atoms with Crippen molar-refractivity contribution in [2.24, 2.45) is 0 Å². The highest BCUT2D eigenvalue weighted by Gasteiger charge is 2.36. The van der Waals surface area contributed by atoms with Crippen molar-refractivity contribution in [3.05, 3.63) is 0 Å². The summed E-state index contributed by atoms with van der Waals surface area (Å²) in [6.45, 7) is 0. The van der Waals surface area contributed by atoms with E-state index in [1.807, 2.05) is 0 Å². The molecule has 0 radical (unpaired) electrons. The van der Waals surface area contributed by atoms with Crippen LogP contribution in [-0.2, 0) is 0 Å². The second-order valence-electron chi connectivity index (χ2n) is 3.91. The standard InChI is InChI=1S/C10H18S/c1-2-4-6-8-10-9(11-10)7-5-3-1/h9-10H,1-8H2/t9-,10-/m0/s1. The zero-order valence-electron chi connectivity index (χ0n) is 7.22. The van der Waals surface area contributed by atoms with Gasteiger partial charge in [0.05, 0.1) is 0 Å². The zero-order chi connectivity index (χ0) is 7.52. The maximum Gasteiger partial charge on any atom is 0.0169 e. The number of hydrogen-bond acceptors (Lipinski definition) is 1. The minimum absolute atomic E-state index is 1.09. The lowest BCUT2D eigenvalue weighted by molar-refractivity contribution is 0.539. The van der Waals surface area contributed by atoms with Crippen molar-refractivity contribution in [2.45, 2.75) is 61.9 Å². The second kappa shape index (κ2) is 3.84. The minimum atomic E-state index is 1.09. The van der Waals surface area contributed by atoms with Crippen molar-refractivity contribution in [2.75, 3.05) is 0 Å². The molecule has 0 spiro atoms. The van der Waals surface area contributed by atoms with E-state index in [0.717, 1.165) is 10.5 Å². The van der Waals surface area contributed by atoms with Crippen molar-refractivity contribution in [1.82, 2.24) is 0 Å². The molecule has 11 heavy (non-hydrogen) atoms. The summed E-state index contributed by atoms with van der Waals surface area (Å²) < 4.78 is 0. The molecule has 0 aromatic heterocycles. The van der Waals surface area contributed by atoms with Crippen molar-refractivity contribution >= 4 is 11.8 Å². The van der Waals surface area contributed by atoms with E-state index in [9.17, 15) is 0 Å². The molecule has 1 heterocycles. The Labute approximate surface area is 74.1 Å². The number of rotatable bonds is 0. The largest absolute Gasteiger partial charge is 0.153 e. The average Bonchev–Trinajstić information content (AvgIpc) is 2.76. The molecule has 0 nitrogen and oxygen atoms in total. The van der Waals surface area contributed by atoms with Gasteiger partial charge in [-0.3, -0.25) is 0 Å². The van der Waals surface area contributed by atoms with Crippen molar-refractivity contribution < 1.29 is 0 Å². The van der Waals surface area contributed by atoms with Crippen LogP contribution in [0.5, 0.6) is 0 Å². The van der Waals surface area contributed by atoms with Gasteiger partial charge in [-0.1, -0.05) is 38.5 Å². The van der Waals surface area contributed by atoms with Crippen LogP contribution in [0.2, 0.25) is 0 Å². The van der Waals surface area contributed by atoms with Crippen LogP contribution in [0, 0.1) is 0 Å². The summed E-state index contributed by atoms with van der Waals surface area (Å²) in [5.74, 6) is 0. The topological polar surface area (TPSA) is 0 Å². The molecule has 2 rings (SSSR count). The first-order valence-electron chi connectivity index (χ1n) is 5.12. The van der Waals surface area contributed by atoms with Crippen molar-refractivity contribution in [1.29, 1.82) is 0 Å². The molecule has 1 saturated heterocycles. The number of hydrogen-bond donors (Lipinski definition) is 0. The van der Waals surface area contributed by atoms with Crippen LogP contribution in [-0.4, -0.2) is 10.5 Å². The summed E-state index contributed by atoms with van der Waals surface area (Å²) in [5, 5.41) is 2.18. The highest BCUT2D eigenvalue weighted by molar-refractivity contribution is 8.07. The average molecular weight is 170 g/mol. The van der Waals surface area contributed by atoms with Gasteiger partial charge < -0.3 is 0 Å². The molecule has 1 aliphatic carbocycles. The van der Waals surface area contributed by atoms with E-state index in [2.05, 4.69) is 11.8 Å². The molecule has 0 aromatic carbocycles. The van der Waals surface area contributed by atoms with Crippen LogP contribution < -0.4 is 0 Å². The molecule has 2 aliphatic rings. The SMILES string of the molecule is C1CCCC[C@@H]2S[C@H]2CCC1. The van der Waals surface area contributed by atoms with Gasteiger partial charge in [-0.05, 0) is 12.8 Å². The summed E-state index contributed by atoms with van der Waals surface area (Å²) in [4.78, 5) is 0. The van der Waals surface area contributed by atoms with E-state index < -0.39 is 0 Å². The van der Waals surface area contributed by atoms with Crippen LogP contribution in [0.25, 0.3) is 0 Å². The second-order valence-corrected chi connectivity index (χ2v) is 5.39. The van der Waals surface area contributed by atoms with E-state index in [4.69, 9.17) is 0 Å². The van der Waals surface area contributed by atoms with E-state index in [1.54, 1.807) is 0 Å². The zero-order valence-corrected chi connectivity index (χ0v) is 8.04. The number of fused-ring (bicyclic) bond motifs is 1. The van der Waals surface area contributed by atoms with E-state index >= 15 is 0 Å². The summed E-state index contributed by atoms with van der Waals surface area (Å²) >= 11 is 2.24. The van der Waals surface area contributed by atoms with Gasteiger partial charge in [0.2, 0.25) is 0 Å². The van der Waals surface area contributed by atoms with Gasteiger partial charge in [-0.2, -0.15) is 11.8 Å². The first-order chi connectivity index (χ1) is 5.47. The Bertz CT molecular complexity index is 108. The Hall–Kier alpha value is 0.350. The maximum absolute atomic E-state index is 2.24. The van der Waals surface area contributed by atoms with Gasteiger partial charge in [-0.15, -0.1) is 0 Å². The molecule has 0 aromatic rings.